The molecule has 1 fully saturated rings. The largest absolute Gasteiger partial charge is 0.504 e. The molecule has 8 heteroatoms. The van der Waals surface area contributed by atoms with Gasteiger partial charge in [0, 0.05) is 0 Å². The molecule has 0 aliphatic heterocycles. The number of halogens is 3. The lowest BCUT2D eigenvalue weighted by Gasteiger charge is -2.32. The average Bonchev–Trinajstić information content (AvgIpc) is 2.30. The number of nitrogens with one attached hydrogen (secondary N) is 1. The van der Waals surface area contributed by atoms with E-state index in [1.165, 1.54) is 6.07 Å². The van der Waals surface area contributed by atoms with Crippen LogP contribution in [0.25, 0.3) is 0 Å². The Bertz CT molecular complexity index is 564. The van der Waals surface area contributed by atoms with E-state index in [2.05, 4.69) is 5.32 Å². The summed E-state index contributed by atoms with van der Waals surface area (Å²) < 4.78 is 0. The number of benzene rings is 1. The molecule has 1 saturated carbocycles. The number of hydrogen-bond donors (Lipinski definition) is 3. The van der Waals surface area contributed by atoms with Crippen LogP contribution in [0, 0.1) is 11.8 Å². The molecule has 108 valence electrons. The van der Waals surface area contributed by atoms with Gasteiger partial charge < -0.3 is 15.5 Å². The van der Waals surface area contributed by atoms with Gasteiger partial charge in [0.25, 0.3) is 0 Å². The van der Waals surface area contributed by atoms with E-state index >= 15 is 0 Å². The van der Waals surface area contributed by atoms with Crippen LogP contribution in [0.3, 0.4) is 0 Å². The fraction of sp³-hybridized carbons (Fsp3) is 0.333. The van der Waals surface area contributed by atoms with Gasteiger partial charge in [0.1, 0.15) is 5.69 Å². The molecule has 0 aromatic heterocycles. The van der Waals surface area contributed by atoms with E-state index in [1.54, 1.807) is 0 Å². The predicted molar refractivity (Wildman–Crippen MR) is 75.6 cm³/mol. The Morgan fingerprint density at radius 2 is 1.75 bits per heavy atom. The fourth-order valence-corrected chi connectivity index (χ4v) is 2.68. The first-order valence-corrected chi connectivity index (χ1v) is 6.86. The number of carbonyl (C=O) groups excluding carboxylic acids is 1. The molecule has 1 aromatic rings. The lowest BCUT2D eigenvalue weighted by molar-refractivity contribution is -0.151. The minimum absolute atomic E-state index is 0.0480. The van der Waals surface area contributed by atoms with E-state index in [9.17, 15) is 14.7 Å². The van der Waals surface area contributed by atoms with E-state index in [0.717, 1.165) is 0 Å². The first-order chi connectivity index (χ1) is 9.32. The Morgan fingerprint density at radius 1 is 1.15 bits per heavy atom. The van der Waals surface area contributed by atoms with Crippen LogP contribution in [0.15, 0.2) is 6.07 Å². The highest BCUT2D eigenvalue weighted by Crippen LogP contribution is 2.43. The van der Waals surface area contributed by atoms with Crippen LogP contribution in [0.4, 0.5) is 5.69 Å². The number of phenols is 1. The normalized spacial score (nSPS) is 21.1. The SMILES string of the molecule is O=C(O)[C@@H]1CC[C@H]1C(=O)Nc1c(O)c(Cl)cc(Cl)c1Cl. The van der Waals surface area contributed by atoms with E-state index in [0.29, 0.717) is 12.8 Å². The van der Waals surface area contributed by atoms with Crippen LogP contribution in [-0.2, 0) is 9.59 Å². The summed E-state index contributed by atoms with van der Waals surface area (Å²) >= 11 is 17.4. The number of carboxylic acid groups (broad SMARTS) is 1. The molecule has 0 radical (unpaired) electrons. The summed E-state index contributed by atoms with van der Waals surface area (Å²) in [7, 11) is 0. The van der Waals surface area contributed by atoms with Gasteiger partial charge in [-0.15, -0.1) is 0 Å². The Balaban J connectivity index is 2.23. The second-order valence-corrected chi connectivity index (χ2v) is 5.69. The standard InChI is InChI=1S/C12H10Cl3NO4/c13-6-3-7(14)10(17)9(8(6)15)16-11(18)4-1-2-5(4)12(19)20/h3-5,17H,1-2H2,(H,16,18)(H,19,20)/t4-,5-/m1/s1. The summed E-state index contributed by atoms with van der Waals surface area (Å²) in [5.41, 5.74) is -0.106. The predicted octanol–water partition coefficient (Wildman–Crippen LogP) is 3.40. The summed E-state index contributed by atoms with van der Waals surface area (Å²) in [5, 5.41) is 21.1. The number of amides is 1. The molecule has 3 N–H and O–H groups in total. The van der Waals surface area contributed by atoms with Gasteiger partial charge in [-0.3, -0.25) is 9.59 Å². The van der Waals surface area contributed by atoms with Gasteiger partial charge >= 0.3 is 5.97 Å². The maximum absolute atomic E-state index is 12.0. The van der Waals surface area contributed by atoms with Crippen molar-refractivity contribution in [1.29, 1.82) is 0 Å². The lowest BCUT2D eigenvalue weighted by Crippen LogP contribution is -2.41. The maximum atomic E-state index is 12.0. The zero-order valence-corrected chi connectivity index (χ0v) is 12.3. The van der Waals surface area contributed by atoms with E-state index in [4.69, 9.17) is 39.9 Å². The second kappa shape index (κ2) is 5.68. The Labute approximate surface area is 129 Å². The Morgan fingerprint density at radius 3 is 2.25 bits per heavy atom. The lowest BCUT2D eigenvalue weighted by atomic mass is 9.73. The van der Waals surface area contributed by atoms with Gasteiger partial charge in [0.2, 0.25) is 5.91 Å². The number of carboxylic acids is 1. The summed E-state index contributed by atoms with van der Waals surface area (Å²) in [4.78, 5) is 22.9. The smallest absolute Gasteiger partial charge is 0.307 e. The van der Waals surface area contributed by atoms with E-state index in [1.807, 2.05) is 0 Å². The number of hydrogen-bond acceptors (Lipinski definition) is 3. The average molecular weight is 339 g/mol. The second-order valence-electron chi connectivity index (χ2n) is 4.50. The van der Waals surface area contributed by atoms with Crippen molar-refractivity contribution in [3.63, 3.8) is 0 Å². The molecular formula is C12H10Cl3NO4. The van der Waals surface area contributed by atoms with Crippen molar-refractivity contribution in [3.8, 4) is 5.75 Å². The molecule has 1 aromatic carbocycles. The zero-order valence-electron chi connectivity index (χ0n) is 9.99. The number of rotatable bonds is 3. The summed E-state index contributed by atoms with van der Waals surface area (Å²) in [6.45, 7) is 0. The van der Waals surface area contributed by atoms with Crippen molar-refractivity contribution in [2.75, 3.05) is 5.32 Å². The van der Waals surface area contributed by atoms with Crippen LogP contribution in [0.1, 0.15) is 12.8 Å². The highest BCUT2D eigenvalue weighted by atomic mass is 35.5. The van der Waals surface area contributed by atoms with Crippen LogP contribution in [0.5, 0.6) is 5.75 Å². The number of carbonyl (C=O) groups is 2. The van der Waals surface area contributed by atoms with Crippen molar-refractivity contribution >= 4 is 52.4 Å². The van der Waals surface area contributed by atoms with Gasteiger partial charge in [-0.2, -0.15) is 0 Å². The van der Waals surface area contributed by atoms with Gasteiger partial charge in [-0.25, -0.2) is 0 Å². The molecule has 0 heterocycles. The van der Waals surface area contributed by atoms with Gasteiger partial charge in [-0.05, 0) is 18.9 Å². The monoisotopic (exact) mass is 337 g/mol. The Hall–Kier alpha value is -1.17. The highest BCUT2D eigenvalue weighted by molar-refractivity contribution is 6.46. The molecule has 2 atom stereocenters. The molecule has 2 rings (SSSR count). The van der Waals surface area contributed by atoms with Gasteiger partial charge in [-0.1, -0.05) is 34.8 Å². The van der Waals surface area contributed by atoms with Gasteiger partial charge in [0.05, 0.1) is 26.9 Å². The van der Waals surface area contributed by atoms with Crippen molar-refractivity contribution < 1.29 is 19.8 Å². The number of aromatic hydroxyl groups is 1. The third-order valence-electron chi connectivity index (χ3n) is 3.32. The summed E-state index contributed by atoms with van der Waals surface area (Å²) in [5.74, 6) is -3.32. The Kier molecular flexibility index (Phi) is 4.32. The molecule has 0 unspecified atom stereocenters. The zero-order chi connectivity index (χ0) is 15.0. The molecule has 0 saturated heterocycles. The third kappa shape index (κ3) is 2.66. The minimum Gasteiger partial charge on any atom is -0.504 e. The molecule has 0 bridgehead atoms. The first-order valence-electron chi connectivity index (χ1n) is 5.73. The van der Waals surface area contributed by atoms with Crippen LogP contribution in [0.2, 0.25) is 15.1 Å². The topological polar surface area (TPSA) is 86.6 Å². The molecular weight excluding hydrogens is 328 g/mol. The number of aliphatic carboxylic acids is 1. The quantitative estimate of drug-likeness (QED) is 0.582. The molecule has 0 spiro atoms. The fourth-order valence-electron chi connectivity index (χ4n) is 2.03. The molecule has 20 heavy (non-hydrogen) atoms. The number of anilines is 1. The first kappa shape index (κ1) is 15.2. The van der Waals surface area contributed by atoms with Crippen molar-refractivity contribution in [3.05, 3.63) is 21.1 Å². The van der Waals surface area contributed by atoms with Crippen molar-refractivity contribution in [1.82, 2.24) is 0 Å². The minimum atomic E-state index is -1.02. The highest BCUT2D eigenvalue weighted by Gasteiger charge is 2.41. The molecule has 5 nitrogen and oxygen atoms in total. The molecule has 1 aliphatic rings. The third-order valence-corrected chi connectivity index (χ3v) is 4.40. The van der Waals surface area contributed by atoms with Gasteiger partial charge in [0.15, 0.2) is 5.75 Å². The van der Waals surface area contributed by atoms with Crippen molar-refractivity contribution in [2.24, 2.45) is 11.8 Å². The van der Waals surface area contributed by atoms with E-state index < -0.39 is 29.5 Å². The van der Waals surface area contributed by atoms with Crippen LogP contribution < -0.4 is 5.32 Å². The molecule has 1 aliphatic carbocycles. The summed E-state index contributed by atoms with van der Waals surface area (Å²) in [6.07, 6.45) is 0.916. The number of phenolic OH excluding ortho intramolecular Hbond substituents is 1. The molecule has 1 amide bonds. The van der Waals surface area contributed by atoms with Crippen LogP contribution in [-0.4, -0.2) is 22.1 Å². The van der Waals surface area contributed by atoms with Crippen molar-refractivity contribution in [2.45, 2.75) is 12.8 Å². The summed E-state index contributed by atoms with van der Waals surface area (Å²) in [6, 6.07) is 1.25. The maximum Gasteiger partial charge on any atom is 0.307 e. The van der Waals surface area contributed by atoms with E-state index in [-0.39, 0.29) is 20.8 Å². The van der Waals surface area contributed by atoms with Crippen LogP contribution >= 0.6 is 34.8 Å².